The maximum atomic E-state index is 13.1. The van der Waals surface area contributed by atoms with Crippen LogP contribution in [0.15, 0.2) is 30.5 Å². The lowest BCUT2D eigenvalue weighted by Gasteiger charge is -2.24. The molecule has 210 valence electrons. The Balaban J connectivity index is 2.34. The number of aromatic amines is 1. The third kappa shape index (κ3) is 9.12. The van der Waals surface area contributed by atoms with Crippen molar-refractivity contribution in [3.8, 4) is 0 Å². The molecular weight excluding hydrogens is 520 g/mol. The Labute approximate surface area is 220 Å². The zero-order valence-corrected chi connectivity index (χ0v) is 20.4. The number of nitrogens with one attached hydrogen (secondary N) is 4. The standard InChI is InChI=1S/C23H28N6O10/c24-12(6-18(31)32)20(35)27-15(8-19(33)34)22(37)28-14(21(36)29-16(23(38)39)7-17(25)30)5-10-9-26-13-4-2-1-3-11(10)13/h1-4,9,12,14-16,26H,5-8,24H2,(H2,25,30)(H,27,35)(H,28,37)(H,29,36)(H,31,32)(H,33,34)(H,38,39). The summed E-state index contributed by atoms with van der Waals surface area (Å²) in [7, 11) is 0. The molecule has 16 heteroatoms. The second-order valence-corrected chi connectivity index (χ2v) is 8.56. The van der Waals surface area contributed by atoms with Gasteiger partial charge in [0.1, 0.15) is 18.1 Å². The molecule has 1 aromatic carbocycles. The number of hydrogen-bond donors (Lipinski definition) is 9. The third-order valence-corrected chi connectivity index (χ3v) is 5.49. The van der Waals surface area contributed by atoms with Gasteiger partial charge in [-0.3, -0.25) is 28.8 Å². The van der Waals surface area contributed by atoms with Gasteiger partial charge < -0.3 is 47.7 Å². The van der Waals surface area contributed by atoms with Crippen molar-refractivity contribution in [2.24, 2.45) is 11.5 Å². The van der Waals surface area contributed by atoms with E-state index in [0.29, 0.717) is 16.5 Å². The lowest BCUT2D eigenvalue weighted by Crippen LogP contribution is -2.58. The van der Waals surface area contributed by atoms with E-state index in [2.05, 4.69) is 20.9 Å². The van der Waals surface area contributed by atoms with Crippen molar-refractivity contribution < 1.29 is 48.9 Å². The molecule has 0 saturated heterocycles. The van der Waals surface area contributed by atoms with Crippen LogP contribution in [-0.2, 0) is 40.0 Å². The molecule has 0 radical (unpaired) electrons. The van der Waals surface area contributed by atoms with Gasteiger partial charge in [0.05, 0.1) is 25.3 Å². The van der Waals surface area contributed by atoms with Crippen molar-refractivity contribution in [3.05, 3.63) is 36.0 Å². The quantitative estimate of drug-likeness (QED) is 0.111. The average molecular weight is 549 g/mol. The topological polar surface area (TPSA) is 284 Å². The van der Waals surface area contributed by atoms with Gasteiger partial charge in [0.25, 0.3) is 0 Å². The van der Waals surface area contributed by atoms with Gasteiger partial charge in [-0.05, 0) is 11.6 Å². The van der Waals surface area contributed by atoms with Crippen LogP contribution in [0.1, 0.15) is 24.8 Å². The van der Waals surface area contributed by atoms with Crippen molar-refractivity contribution in [1.29, 1.82) is 0 Å². The molecule has 39 heavy (non-hydrogen) atoms. The molecular formula is C23H28N6O10. The maximum absolute atomic E-state index is 13.1. The highest BCUT2D eigenvalue weighted by Gasteiger charge is 2.32. The summed E-state index contributed by atoms with van der Waals surface area (Å²) >= 11 is 0. The second-order valence-electron chi connectivity index (χ2n) is 8.56. The number of carboxylic acids is 3. The highest BCUT2D eigenvalue weighted by Crippen LogP contribution is 2.19. The van der Waals surface area contributed by atoms with Crippen LogP contribution >= 0.6 is 0 Å². The minimum Gasteiger partial charge on any atom is -0.481 e. The molecule has 2 rings (SSSR count). The Kier molecular flexibility index (Phi) is 10.5. The summed E-state index contributed by atoms with van der Waals surface area (Å²) in [6.45, 7) is 0. The molecule has 1 heterocycles. The van der Waals surface area contributed by atoms with Crippen LogP contribution in [0.4, 0.5) is 0 Å². The van der Waals surface area contributed by atoms with E-state index in [1.165, 1.54) is 0 Å². The van der Waals surface area contributed by atoms with Crippen molar-refractivity contribution in [2.75, 3.05) is 0 Å². The van der Waals surface area contributed by atoms with E-state index < -0.39 is 85.0 Å². The molecule has 0 bridgehead atoms. The number of aromatic nitrogens is 1. The van der Waals surface area contributed by atoms with Crippen LogP contribution in [0.3, 0.4) is 0 Å². The van der Waals surface area contributed by atoms with Gasteiger partial charge >= 0.3 is 17.9 Å². The van der Waals surface area contributed by atoms with Gasteiger partial charge in [-0.15, -0.1) is 0 Å². The highest BCUT2D eigenvalue weighted by molar-refractivity contribution is 5.97. The van der Waals surface area contributed by atoms with Crippen molar-refractivity contribution in [2.45, 2.75) is 49.9 Å². The monoisotopic (exact) mass is 548 g/mol. The number of carbonyl (C=O) groups is 7. The maximum Gasteiger partial charge on any atom is 0.326 e. The number of carboxylic acid groups (broad SMARTS) is 3. The number of para-hydroxylation sites is 1. The van der Waals surface area contributed by atoms with Crippen molar-refractivity contribution in [3.63, 3.8) is 0 Å². The molecule has 4 atom stereocenters. The Morgan fingerprint density at radius 2 is 1.33 bits per heavy atom. The minimum atomic E-state index is -1.77. The molecule has 0 aliphatic rings. The Bertz CT molecular complexity index is 1280. The number of H-pyrrole nitrogens is 1. The van der Waals surface area contributed by atoms with E-state index in [1.54, 1.807) is 30.5 Å². The second kappa shape index (κ2) is 13.5. The first-order chi connectivity index (χ1) is 18.3. The van der Waals surface area contributed by atoms with Gasteiger partial charge in [-0.1, -0.05) is 18.2 Å². The van der Waals surface area contributed by atoms with E-state index >= 15 is 0 Å². The first-order valence-electron chi connectivity index (χ1n) is 11.4. The molecule has 1 aromatic heterocycles. The predicted octanol–water partition coefficient (Wildman–Crippen LogP) is -2.60. The zero-order valence-electron chi connectivity index (χ0n) is 20.4. The zero-order chi connectivity index (χ0) is 29.3. The van der Waals surface area contributed by atoms with Gasteiger partial charge in [-0.2, -0.15) is 0 Å². The predicted molar refractivity (Wildman–Crippen MR) is 132 cm³/mol. The summed E-state index contributed by atoms with van der Waals surface area (Å²) in [6.07, 6.45) is -1.14. The number of amides is 4. The SMILES string of the molecule is NC(=O)CC(NC(=O)C(Cc1c[nH]c2ccccc12)NC(=O)C(CC(=O)O)NC(=O)C(N)CC(=O)O)C(=O)O. The van der Waals surface area contributed by atoms with E-state index in [9.17, 15) is 43.8 Å². The first-order valence-corrected chi connectivity index (χ1v) is 11.4. The Hall–Kier alpha value is -4.99. The van der Waals surface area contributed by atoms with Crippen LogP contribution in [0.5, 0.6) is 0 Å². The van der Waals surface area contributed by atoms with Gasteiger partial charge in [0.15, 0.2) is 0 Å². The smallest absolute Gasteiger partial charge is 0.326 e. The molecule has 0 aliphatic heterocycles. The summed E-state index contributed by atoms with van der Waals surface area (Å²) in [5, 5.41) is 34.5. The number of carbonyl (C=O) groups excluding carboxylic acids is 4. The molecule has 0 spiro atoms. The normalized spacial score (nSPS) is 13.9. The lowest BCUT2D eigenvalue weighted by atomic mass is 10.0. The molecule has 2 aromatic rings. The number of fused-ring (bicyclic) bond motifs is 1. The Morgan fingerprint density at radius 3 is 1.92 bits per heavy atom. The summed E-state index contributed by atoms with van der Waals surface area (Å²) < 4.78 is 0. The fourth-order valence-electron chi connectivity index (χ4n) is 3.62. The summed E-state index contributed by atoms with van der Waals surface area (Å²) in [4.78, 5) is 86.3. The largest absolute Gasteiger partial charge is 0.481 e. The number of primary amides is 1. The lowest BCUT2D eigenvalue weighted by molar-refractivity contribution is -0.144. The van der Waals surface area contributed by atoms with Gasteiger partial charge in [0, 0.05) is 23.5 Å². The Morgan fingerprint density at radius 1 is 0.769 bits per heavy atom. The van der Waals surface area contributed by atoms with Crippen LogP contribution in [0, 0.1) is 0 Å². The highest BCUT2D eigenvalue weighted by atomic mass is 16.4. The molecule has 4 unspecified atom stereocenters. The van der Waals surface area contributed by atoms with Crippen LogP contribution < -0.4 is 27.4 Å². The van der Waals surface area contributed by atoms with Crippen LogP contribution in [-0.4, -0.2) is 86.0 Å². The number of nitrogens with two attached hydrogens (primary N) is 2. The van der Waals surface area contributed by atoms with Crippen molar-refractivity contribution in [1.82, 2.24) is 20.9 Å². The minimum absolute atomic E-state index is 0.212. The van der Waals surface area contributed by atoms with Gasteiger partial charge in [-0.25, -0.2) is 4.79 Å². The van der Waals surface area contributed by atoms with E-state index in [0.717, 1.165) is 0 Å². The van der Waals surface area contributed by atoms with Gasteiger partial charge in [0.2, 0.25) is 23.6 Å². The van der Waals surface area contributed by atoms with E-state index in [4.69, 9.17) is 16.6 Å². The number of rotatable bonds is 15. The number of hydrogen-bond acceptors (Lipinski definition) is 8. The molecule has 0 aliphatic carbocycles. The van der Waals surface area contributed by atoms with Crippen LogP contribution in [0.25, 0.3) is 10.9 Å². The first kappa shape index (κ1) is 30.2. The molecule has 4 amide bonds. The van der Waals surface area contributed by atoms with Crippen LogP contribution in [0.2, 0.25) is 0 Å². The fourth-order valence-corrected chi connectivity index (χ4v) is 3.62. The number of aliphatic carboxylic acids is 3. The summed E-state index contributed by atoms with van der Waals surface area (Å²) in [5.74, 6) is -8.79. The molecule has 0 saturated carbocycles. The molecule has 0 fully saturated rings. The third-order valence-electron chi connectivity index (χ3n) is 5.49. The molecule has 16 nitrogen and oxygen atoms in total. The van der Waals surface area contributed by atoms with Crippen molar-refractivity contribution >= 4 is 52.4 Å². The van der Waals surface area contributed by atoms with E-state index in [-0.39, 0.29) is 6.42 Å². The van der Waals surface area contributed by atoms with E-state index in [1.807, 2.05) is 0 Å². The number of benzene rings is 1. The summed E-state index contributed by atoms with van der Waals surface area (Å²) in [5.41, 5.74) is 11.7. The molecule has 11 N–H and O–H groups in total. The average Bonchev–Trinajstić information content (AvgIpc) is 3.24. The summed E-state index contributed by atoms with van der Waals surface area (Å²) in [6, 6.07) is 0.356. The fraction of sp³-hybridized carbons (Fsp3) is 0.348.